The summed E-state index contributed by atoms with van der Waals surface area (Å²) < 4.78 is 0.678. The van der Waals surface area contributed by atoms with Crippen LogP contribution < -0.4 is 5.32 Å². The first-order valence-corrected chi connectivity index (χ1v) is 6.87. The molecule has 1 aromatic carbocycles. The van der Waals surface area contributed by atoms with Gasteiger partial charge in [0.15, 0.2) is 0 Å². The van der Waals surface area contributed by atoms with E-state index in [9.17, 15) is 9.90 Å². The molecule has 4 nitrogen and oxygen atoms in total. The number of phenols is 1. The second-order valence-corrected chi connectivity index (χ2v) is 5.71. The number of nitrogens with zero attached hydrogens (tertiary/aromatic N) is 1. The summed E-state index contributed by atoms with van der Waals surface area (Å²) in [6, 6.07) is 3.41. The van der Waals surface area contributed by atoms with Gasteiger partial charge in [0, 0.05) is 30.1 Å². The smallest absolute Gasteiger partial charge is 0.257 e. The Balaban J connectivity index is 0.00000180. The summed E-state index contributed by atoms with van der Waals surface area (Å²) in [6.07, 6.45) is 0. The van der Waals surface area contributed by atoms with Crippen LogP contribution in [0.1, 0.15) is 17.3 Å². The topological polar surface area (TPSA) is 52.6 Å². The Labute approximate surface area is 131 Å². The number of carbonyl (C=O) groups is 1. The molecular formula is C12H15BrCl2N2O2. The standard InChI is InChI=1S/C12H14BrClN2O2.ClH/c1-7-6-16(3-2-15-7)12(18)9-4-8(13)5-10(14)11(9)17;/h4-5,7,15,17H,2-3,6H2,1H3;1H/t7-;/m1./s1. The number of halogens is 3. The van der Waals surface area contributed by atoms with Crippen molar-refractivity contribution >= 4 is 45.8 Å². The molecule has 1 aliphatic heterocycles. The molecule has 106 valence electrons. The highest BCUT2D eigenvalue weighted by molar-refractivity contribution is 9.10. The van der Waals surface area contributed by atoms with E-state index in [0.717, 1.165) is 6.54 Å². The molecule has 0 aromatic heterocycles. The minimum absolute atomic E-state index is 0. The molecule has 0 radical (unpaired) electrons. The van der Waals surface area contributed by atoms with E-state index in [1.54, 1.807) is 17.0 Å². The van der Waals surface area contributed by atoms with Crippen LogP contribution in [0.3, 0.4) is 0 Å². The van der Waals surface area contributed by atoms with Crippen molar-refractivity contribution in [2.75, 3.05) is 19.6 Å². The Morgan fingerprint density at radius 1 is 1.58 bits per heavy atom. The summed E-state index contributed by atoms with van der Waals surface area (Å²) in [5.74, 6) is -0.347. The number of piperazine rings is 1. The lowest BCUT2D eigenvalue weighted by Crippen LogP contribution is -2.51. The molecule has 0 spiro atoms. The van der Waals surface area contributed by atoms with Crippen molar-refractivity contribution in [1.29, 1.82) is 0 Å². The maximum atomic E-state index is 12.3. The molecule has 1 aliphatic rings. The maximum absolute atomic E-state index is 12.3. The molecule has 2 N–H and O–H groups in total. The van der Waals surface area contributed by atoms with Crippen LogP contribution in [0.5, 0.6) is 5.75 Å². The molecule has 7 heteroatoms. The molecule has 0 bridgehead atoms. The van der Waals surface area contributed by atoms with Gasteiger partial charge in [-0.05, 0) is 19.1 Å². The number of benzene rings is 1. The summed E-state index contributed by atoms with van der Waals surface area (Å²) in [7, 11) is 0. The largest absolute Gasteiger partial charge is 0.506 e. The van der Waals surface area contributed by atoms with Gasteiger partial charge in [0.25, 0.3) is 5.91 Å². The number of amides is 1. The molecule has 2 rings (SSSR count). The van der Waals surface area contributed by atoms with Gasteiger partial charge < -0.3 is 15.3 Å². The quantitative estimate of drug-likeness (QED) is 0.800. The van der Waals surface area contributed by atoms with Crippen LogP contribution in [0.4, 0.5) is 0 Å². The third kappa shape index (κ3) is 3.75. The SMILES string of the molecule is C[C@@H]1CN(C(=O)c2cc(Br)cc(Cl)c2O)CCN1.Cl. The second-order valence-electron chi connectivity index (χ2n) is 4.39. The van der Waals surface area contributed by atoms with Crippen LogP contribution in [0.15, 0.2) is 16.6 Å². The number of hydrogen-bond donors (Lipinski definition) is 2. The van der Waals surface area contributed by atoms with E-state index in [0.29, 0.717) is 17.6 Å². The van der Waals surface area contributed by atoms with Gasteiger partial charge in [-0.3, -0.25) is 4.79 Å². The van der Waals surface area contributed by atoms with Crippen molar-refractivity contribution in [3.05, 3.63) is 27.2 Å². The fourth-order valence-corrected chi connectivity index (χ4v) is 2.83. The van der Waals surface area contributed by atoms with E-state index in [1.807, 2.05) is 6.92 Å². The number of rotatable bonds is 1. The zero-order valence-corrected chi connectivity index (χ0v) is 13.5. The highest BCUT2D eigenvalue weighted by Crippen LogP contribution is 2.32. The minimum atomic E-state index is -0.191. The molecule has 1 amide bonds. The molecule has 19 heavy (non-hydrogen) atoms. The number of aromatic hydroxyl groups is 1. The number of hydrogen-bond acceptors (Lipinski definition) is 3. The molecule has 1 heterocycles. The Hall–Kier alpha value is -0.490. The zero-order valence-electron chi connectivity index (χ0n) is 10.3. The third-order valence-electron chi connectivity index (χ3n) is 2.91. The normalized spacial score (nSPS) is 18.9. The summed E-state index contributed by atoms with van der Waals surface area (Å²) in [4.78, 5) is 14.1. The van der Waals surface area contributed by atoms with Crippen LogP contribution in [-0.2, 0) is 0 Å². The number of carbonyl (C=O) groups excluding carboxylic acids is 1. The Morgan fingerprint density at radius 2 is 2.26 bits per heavy atom. The number of phenolic OH excluding ortho intramolecular Hbond substituents is 1. The van der Waals surface area contributed by atoms with Crippen LogP contribution >= 0.6 is 39.9 Å². The Kier molecular flexibility index (Phi) is 5.92. The molecule has 1 saturated heterocycles. The van der Waals surface area contributed by atoms with Crippen LogP contribution in [0, 0.1) is 0 Å². The lowest BCUT2D eigenvalue weighted by atomic mass is 10.1. The fourth-order valence-electron chi connectivity index (χ4n) is 2.02. The Morgan fingerprint density at radius 3 is 2.89 bits per heavy atom. The lowest BCUT2D eigenvalue weighted by molar-refractivity contribution is 0.0706. The third-order valence-corrected chi connectivity index (χ3v) is 3.66. The van der Waals surface area contributed by atoms with Crippen LogP contribution in [0.25, 0.3) is 0 Å². The summed E-state index contributed by atoms with van der Waals surface area (Å²) >= 11 is 9.14. The monoisotopic (exact) mass is 368 g/mol. The van der Waals surface area contributed by atoms with Crippen molar-refractivity contribution in [1.82, 2.24) is 10.2 Å². The molecule has 1 atom stereocenters. The highest BCUT2D eigenvalue weighted by atomic mass is 79.9. The Bertz CT molecular complexity index is 485. The van der Waals surface area contributed by atoms with Gasteiger partial charge in [0.2, 0.25) is 0 Å². The average Bonchev–Trinajstić information content (AvgIpc) is 2.33. The lowest BCUT2D eigenvalue weighted by Gasteiger charge is -2.32. The van der Waals surface area contributed by atoms with Crippen LogP contribution in [-0.4, -0.2) is 41.6 Å². The van der Waals surface area contributed by atoms with Crippen molar-refractivity contribution in [3.63, 3.8) is 0 Å². The van der Waals surface area contributed by atoms with Gasteiger partial charge in [-0.25, -0.2) is 0 Å². The van der Waals surface area contributed by atoms with Gasteiger partial charge in [0.1, 0.15) is 5.75 Å². The van der Waals surface area contributed by atoms with Crippen molar-refractivity contribution in [3.8, 4) is 5.75 Å². The maximum Gasteiger partial charge on any atom is 0.257 e. The van der Waals surface area contributed by atoms with Crippen LogP contribution in [0.2, 0.25) is 5.02 Å². The summed E-state index contributed by atoms with van der Waals surface area (Å²) in [5, 5.41) is 13.3. The molecule has 0 aliphatic carbocycles. The summed E-state index contributed by atoms with van der Waals surface area (Å²) in [5.41, 5.74) is 0.239. The number of nitrogens with one attached hydrogen (secondary N) is 1. The average molecular weight is 370 g/mol. The van der Waals surface area contributed by atoms with Crippen molar-refractivity contribution in [2.45, 2.75) is 13.0 Å². The molecular weight excluding hydrogens is 355 g/mol. The second kappa shape index (κ2) is 6.79. The molecule has 0 unspecified atom stereocenters. The molecule has 0 saturated carbocycles. The summed E-state index contributed by atoms with van der Waals surface area (Å²) in [6.45, 7) is 4.04. The first-order valence-electron chi connectivity index (χ1n) is 5.69. The van der Waals surface area contributed by atoms with Crippen molar-refractivity contribution < 1.29 is 9.90 Å². The zero-order chi connectivity index (χ0) is 13.3. The first-order chi connectivity index (χ1) is 8.49. The minimum Gasteiger partial charge on any atom is -0.506 e. The van der Waals surface area contributed by atoms with E-state index >= 15 is 0 Å². The van der Waals surface area contributed by atoms with E-state index < -0.39 is 0 Å². The van der Waals surface area contributed by atoms with Gasteiger partial charge in [-0.15, -0.1) is 12.4 Å². The van der Waals surface area contributed by atoms with Gasteiger partial charge >= 0.3 is 0 Å². The van der Waals surface area contributed by atoms with Gasteiger partial charge in [0.05, 0.1) is 10.6 Å². The molecule has 1 fully saturated rings. The predicted octanol–water partition coefficient (Wildman–Crippen LogP) is 2.66. The van der Waals surface area contributed by atoms with Crippen molar-refractivity contribution in [2.24, 2.45) is 0 Å². The first kappa shape index (κ1) is 16.6. The predicted molar refractivity (Wildman–Crippen MR) is 81.4 cm³/mol. The molecule has 1 aromatic rings. The van der Waals surface area contributed by atoms with E-state index in [1.165, 1.54) is 0 Å². The van der Waals surface area contributed by atoms with E-state index in [2.05, 4.69) is 21.2 Å². The fraction of sp³-hybridized carbons (Fsp3) is 0.417. The van der Waals surface area contributed by atoms with Gasteiger partial charge in [-0.1, -0.05) is 27.5 Å². The highest BCUT2D eigenvalue weighted by Gasteiger charge is 2.24. The van der Waals surface area contributed by atoms with E-state index in [-0.39, 0.29) is 40.7 Å². The van der Waals surface area contributed by atoms with Gasteiger partial charge in [-0.2, -0.15) is 0 Å². The van der Waals surface area contributed by atoms with E-state index in [4.69, 9.17) is 11.6 Å².